The van der Waals surface area contributed by atoms with Gasteiger partial charge in [0.05, 0.1) is 11.6 Å². The number of nitriles is 1. The summed E-state index contributed by atoms with van der Waals surface area (Å²) in [6.45, 7) is 1.96. The van der Waals surface area contributed by atoms with Gasteiger partial charge in [-0.1, -0.05) is 24.3 Å². The van der Waals surface area contributed by atoms with E-state index in [2.05, 4.69) is 6.07 Å². The van der Waals surface area contributed by atoms with Crippen LogP contribution in [0.2, 0.25) is 0 Å². The lowest BCUT2D eigenvalue weighted by molar-refractivity contribution is 1.48. The van der Waals surface area contributed by atoms with Crippen molar-refractivity contribution in [3.63, 3.8) is 0 Å². The Kier molecular flexibility index (Phi) is 2.46. The SMILES string of the molecule is CC=Cc1cccc(C#N)c1. The number of hydrogen-bond acceptors (Lipinski definition) is 1. The Balaban J connectivity index is 3.03. The average Bonchev–Trinajstić information content (AvgIpc) is 2.06. The van der Waals surface area contributed by atoms with Crippen molar-refractivity contribution in [3.05, 3.63) is 41.5 Å². The first kappa shape index (κ1) is 7.56. The minimum atomic E-state index is 0.709. The standard InChI is InChI=1S/C10H9N/c1-2-4-9-5-3-6-10(7-9)8-11/h2-7H,1H3. The van der Waals surface area contributed by atoms with E-state index >= 15 is 0 Å². The topological polar surface area (TPSA) is 23.8 Å². The summed E-state index contributed by atoms with van der Waals surface area (Å²) < 4.78 is 0. The molecule has 0 unspecified atom stereocenters. The highest BCUT2D eigenvalue weighted by molar-refractivity contribution is 5.51. The molecule has 0 heterocycles. The molecule has 0 aliphatic carbocycles. The highest BCUT2D eigenvalue weighted by Crippen LogP contribution is 2.05. The van der Waals surface area contributed by atoms with Gasteiger partial charge in [0.1, 0.15) is 0 Å². The number of benzene rings is 1. The highest BCUT2D eigenvalue weighted by atomic mass is 14.2. The van der Waals surface area contributed by atoms with Crippen LogP contribution in [0, 0.1) is 11.3 Å². The molecule has 1 aromatic carbocycles. The van der Waals surface area contributed by atoms with E-state index < -0.39 is 0 Å². The van der Waals surface area contributed by atoms with Crippen molar-refractivity contribution < 1.29 is 0 Å². The Labute approximate surface area is 66.6 Å². The summed E-state index contributed by atoms with van der Waals surface area (Å²) in [5.41, 5.74) is 1.78. The summed E-state index contributed by atoms with van der Waals surface area (Å²) in [6, 6.07) is 9.61. The Morgan fingerprint density at radius 3 is 2.91 bits per heavy atom. The Bertz CT molecular complexity index is 305. The molecule has 0 spiro atoms. The lowest BCUT2D eigenvalue weighted by Crippen LogP contribution is -1.74. The van der Waals surface area contributed by atoms with Crippen molar-refractivity contribution in [2.75, 3.05) is 0 Å². The Hall–Kier alpha value is -1.55. The number of rotatable bonds is 1. The van der Waals surface area contributed by atoms with Crippen molar-refractivity contribution in [2.45, 2.75) is 6.92 Å². The van der Waals surface area contributed by atoms with Crippen LogP contribution in [0.4, 0.5) is 0 Å². The highest BCUT2D eigenvalue weighted by Gasteiger charge is 1.88. The second-order valence-electron chi connectivity index (χ2n) is 2.24. The Morgan fingerprint density at radius 2 is 2.27 bits per heavy atom. The van der Waals surface area contributed by atoms with Gasteiger partial charge in [-0.25, -0.2) is 0 Å². The van der Waals surface area contributed by atoms with Crippen molar-refractivity contribution >= 4 is 6.08 Å². The predicted octanol–water partition coefficient (Wildman–Crippen LogP) is 2.59. The third-order valence-electron chi connectivity index (χ3n) is 1.37. The van der Waals surface area contributed by atoms with Crippen LogP contribution >= 0.6 is 0 Å². The molecule has 0 amide bonds. The molecule has 0 aliphatic heterocycles. The van der Waals surface area contributed by atoms with Gasteiger partial charge >= 0.3 is 0 Å². The quantitative estimate of drug-likeness (QED) is 0.592. The van der Waals surface area contributed by atoms with E-state index in [-0.39, 0.29) is 0 Å². The van der Waals surface area contributed by atoms with E-state index in [0.29, 0.717) is 5.56 Å². The largest absolute Gasteiger partial charge is 0.192 e. The molecule has 0 aromatic heterocycles. The summed E-state index contributed by atoms with van der Waals surface area (Å²) in [7, 11) is 0. The molecule has 0 saturated heterocycles. The van der Waals surface area contributed by atoms with E-state index in [9.17, 15) is 0 Å². The smallest absolute Gasteiger partial charge is 0.0991 e. The molecule has 1 heteroatoms. The molecule has 0 N–H and O–H groups in total. The molecule has 0 saturated carbocycles. The minimum absolute atomic E-state index is 0.709. The summed E-state index contributed by atoms with van der Waals surface area (Å²) in [6.07, 6.45) is 3.93. The van der Waals surface area contributed by atoms with Crippen LogP contribution in [0.25, 0.3) is 6.08 Å². The van der Waals surface area contributed by atoms with Crippen LogP contribution in [0.5, 0.6) is 0 Å². The van der Waals surface area contributed by atoms with Crippen LogP contribution in [0.15, 0.2) is 30.3 Å². The molecular formula is C10H9N. The van der Waals surface area contributed by atoms with E-state index in [1.165, 1.54) is 0 Å². The van der Waals surface area contributed by atoms with Gasteiger partial charge in [-0.05, 0) is 24.6 Å². The summed E-state index contributed by atoms with van der Waals surface area (Å²) >= 11 is 0. The Morgan fingerprint density at radius 1 is 1.45 bits per heavy atom. The summed E-state index contributed by atoms with van der Waals surface area (Å²) in [5.74, 6) is 0. The second kappa shape index (κ2) is 3.58. The fraction of sp³-hybridized carbons (Fsp3) is 0.100. The van der Waals surface area contributed by atoms with Crippen LogP contribution in [-0.4, -0.2) is 0 Å². The van der Waals surface area contributed by atoms with Gasteiger partial charge in [0.2, 0.25) is 0 Å². The monoisotopic (exact) mass is 143 g/mol. The molecular weight excluding hydrogens is 134 g/mol. The van der Waals surface area contributed by atoms with Crippen LogP contribution in [0.3, 0.4) is 0 Å². The molecule has 1 nitrogen and oxygen atoms in total. The number of allylic oxidation sites excluding steroid dienone is 1. The molecule has 1 rings (SSSR count). The van der Waals surface area contributed by atoms with Gasteiger partial charge in [-0.3, -0.25) is 0 Å². The van der Waals surface area contributed by atoms with E-state index in [1.807, 2.05) is 37.3 Å². The van der Waals surface area contributed by atoms with Crippen LogP contribution < -0.4 is 0 Å². The predicted molar refractivity (Wildman–Crippen MR) is 45.9 cm³/mol. The molecule has 0 aliphatic rings. The molecule has 1 aromatic rings. The van der Waals surface area contributed by atoms with Gasteiger partial charge in [-0.15, -0.1) is 0 Å². The van der Waals surface area contributed by atoms with Gasteiger partial charge in [0.25, 0.3) is 0 Å². The molecule has 0 radical (unpaired) electrons. The van der Waals surface area contributed by atoms with Gasteiger partial charge < -0.3 is 0 Å². The van der Waals surface area contributed by atoms with Gasteiger partial charge in [-0.2, -0.15) is 5.26 Å². The summed E-state index contributed by atoms with van der Waals surface area (Å²) in [5, 5.41) is 8.56. The minimum Gasteiger partial charge on any atom is -0.192 e. The molecule has 54 valence electrons. The van der Waals surface area contributed by atoms with Crippen molar-refractivity contribution in [2.24, 2.45) is 0 Å². The molecule has 11 heavy (non-hydrogen) atoms. The second-order valence-corrected chi connectivity index (χ2v) is 2.24. The van der Waals surface area contributed by atoms with E-state index in [1.54, 1.807) is 6.07 Å². The van der Waals surface area contributed by atoms with E-state index in [4.69, 9.17) is 5.26 Å². The zero-order valence-corrected chi connectivity index (χ0v) is 6.41. The first-order valence-corrected chi connectivity index (χ1v) is 3.49. The fourth-order valence-corrected chi connectivity index (χ4v) is 0.904. The number of nitrogens with zero attached hydrogens (tertiary/aromatic N) is 1. The molecule has 0 bridgehead atoms. The zero-order valence-electron chi connectivity index (χ0n) is 6.41. The third kappa shape index (κ3) is 1.94. The third-order valence-corrected chi connectivity index (χ3v) is 1.37. The number of hydrogen-bond donors (Lipinski definition) is 0. The maximum absolute atomic E-state index is 8.56. The van der Waals surface area contributed by atoms with Crippen molar-refractivity contribution in [1.29, 1.82) is 5.26 Å². The molecule has 0 atom stereocenters. The van der Waals surface area contributed by atoms with Crippen molar-refractivity contribution in [3.8, 4) is 6.07 Å². The van der Waals surface area contributed by atoms with Crippen molar-refractivity contribution in [1.82, 2.24) is 0 Å². The first-order valence-electron chi connectivity index (χ1n) is 3.49. The summed E-state index contributed by atoms with van der Waals surface area (Å²) in [4.78, 5) is 0. The lowest BCUT2D eigenvalue weighted by atomic mass is 10.1. The molecule has 0 fully saturated rings. The van der Waals surface area contributed by atoms with Crippen LogP contribution in [-0.2, 0) is 0 Å². The zero-order chi connectivity index (χ0) is 8.10. The maximum atomic E-state index is 8.56. The maximum Gasteiger partial charge on any atom is 0.0991 e. The average molecular weight is 143 g/mol. The van der Waals surface area contributed by atoms with Crippen LogP contribution in [0.1, 0.15) is 18.1 Å². The fourth-order valence-electron chi connectivity index (χ4n) is 0.904. The van der Waals surface area contributed by atoms with Gasteiger partial charge in [0, 0.05) is 0 Å². The first-order chi connectivity index (χ1) is 5.36. The van der Waals surface area contributed by atoms with Gasteiger partial charge in [0.15, 0.2) is 0 Å². The van der Waals surface area contributed by atoms with E-state index in [0.717, 1.165) is 5.56 Å². The lowest BCUT2D eigenvalue weighted by Gasteiger charge is -1.91. The normalized spacial score (nSPS) is 9.82.